The van der Waals surface area contributed by atoms with E-state index < -0.39 is 0 Å². The van der Waals surface area contributed by atoms with Crippen molar-refractivity contribution in [3.8, 4) is 0 Å². The van der Waals surface area contributed by atoms with Gasteiger partial charge in [-0.05, 0) is 39.9 Å². The highest BCUT2D eigenvalue weighted by Gasteiger charge is 2.07. The highest BCUT2D eigenvalue weighted by atomic mass is 35.5. The Hall–Kier alpha value is -0.280. The van der Waals surface area contributed by atoms with Crippen LogP contribution in [0.5, 0.6) is 0 Å². The third-order valence-corrected chi connectivity index (χ3v) is 2.57. The van der Waals surface area contributed by atoms with Crippen LogP contribution in [0.4, 0.5) is 0 Å². The van der Waals surface area contributed by atoms with Crippen LogP contribution < -0.4 is 0 Å². The zero-order chi connectivity index (χ0) is 11.7. The summed E-state index contributed by atoms with van der Waals surface area (Å²) in [7, 11) is 5.96. The number of carbonyl (C=O) groups excluding carboxylic acids is 1. The summed E-state index contributed by atoms with van der Waals surface area (Å²) in [5.41, 5.74) is 0. The molecular weight excluding hydrogens is 212 g/mol. The van der Waals surface area contributed by atoms with Crippen molar-refractivity contribution in [3.63, 3.8) is 0 Å². The molecule has 4 heteroatoms. The summed E-state index contributed by atoms with van der Waals surface area (Å²) in [6.07, 6.45) is 3.50. The second-order valence-electron chi connectivity index (χ2n) is 4.12. The summed E-state index contributed by atoms with van der Waals surface area (Å²) >= 11 is 5.55. The van der Waals surface area contributed by atoms with E-state index in [0.717, 1.165) is 32.4 Å². The second-order valence-corrected chi connectivity index (χ2v) is 4.50. The summed E-state index contributed by atoms with van der Waals surface area (Å²) in [6, 6.07) is 0. The number of carbonyl (C=O) groups is 1. The maximum Gasteiger partial charge on any atom is 0.222 e. The quantitative estimate of drug-likeness (QED) is 0.473. The van der Waals surface area contributed by atoms with E-state index in [2.05, 4.69) is 4.90 Å². The molecule has 0 aliphatic carbocycles. The van der Waals surface area contributed by atoms with Gasteiger partial charge in [0, 0.05) is 25.9 Å². The van der Waals surface area contributed by atoms with Crippen LogP contribution in [0.15, 0.2) is 0 Å². The fourth-order valence-corrected chi connectivity index (χ4v) is 1.50. The van der Waals surface area contributed by atoms with E-state index in [4.69, 9.17) is 11.6 Å². The predicted octanol–water partition coefficient (Wildman–Crippen LogP) is 1.81. The molecule has 0 aromatic carbocycles. The van der Waals surface area contributed by atoms with Gasteiger partial charge in [0.25, 0.3) is 0 Å². The van der Waals surface area contributed by atoms with Crippen molar-refractivity contribution < 1.29 is 4.79 Å². The van der Waals surface area contributed by atoms with E-state index in [1.54, 1.807) is 0 Å². The van der Waals surface area contributed by atoms with Gasteiger partial charge in [-0.15, -0.1) is 11.6 Å². The van der Waals surface area contributed by atoms with Crippen LogP contribution >= 0.6 is 11.6 Å². The van der Waals surface area contributed by atoms with Gasteiger partial charge in [0.1, 0.15) is 0 Å². The molecule has 0 aromatic heterocycles. The van der Waals surface area contributed by atoms with Crippen LogP contribution in [0.2, 0.25) is 0 Å². The number of alkyl halides is 1. The molecule has 3 nitrogen and oxygen atoms in total. The summed E-state index contributed by atoms with van der Waals surface area (Å²) < 4.78 is 0. The predicted molar refractivity (Wildman–Crippen MR) is 65.4 cm³/mol. The van der Waals surface area contributed by atoms with Crippen molar-refractivity contribution in [1.82, 2.24) is 9.80 Å². The average Bonchev–Trinajstić information content (AvgIpc) is 2.17. The number of hydrogen-bond acceptors (Lipinski definition) is 2. The molecule has 0 unspecified atom stereocenters. The molecule has 0 rings (SSSR count). The number of nitrogens with zero attached hydrogens (tertiary/aromatic N) is 2. The Balaban J connectivity index is 3.51. The molecule has 15 heavy (non-hydrogen) atoms. The monoisotopic (exact) mass is 234 g/mol. The molecule has 0 fully saturated rings. The Bertz CT molecular complexity index is 174. The van der Waals surface area contributed by atoms with Crippen LogP contribution in [0.3, 0.4) is 0 Å². The molecule has 0 atom stereocenters. The first-order valence-electron chi connectivity index (χ1n) is 5.52. The Morgan fingerprint density at radius 2 is 1.73 bits per heavy atom. The number of halogens is 1. The molecule has 0 aliphatic rings. The standard InChI is InChI=1S/C11H23ClN2O/c1-13(2)9-6-10-14(3)11(15)7-4-5-8-12/h4-10H2,1-3H3. The van der Waals surface area contributed by atoms with Gasteiger partial charge in [-0.3, -0.25) is 4.79 Å². The van der Waals surface area contributed by atoms with Crippen LogP contribution in [0.1, 0.15) is 25.7 Å². The topological polar surface area (TPSA) is 23.6 Å². The van der Waals surface area contributed by atoms with Crippen LogP contribution in [-0.4, -0.2) is 55.8 Å². The van der Waals surface area contributed by atoms with E-state index in [-0.39, 0.29) is 5.91 Å². The normalized spacial score (nSPS) is 10.7. The van der Waals surface area contributed by atoms with Crippen molar-refractivity contribution in [2.75, 3.05) is 40.1 Å². The molecule has 0 N–H and O–H groups in total. The van der Waals surface area contributed by atoms with Crippen molar-refractivity contribution >= 4 is 17.5 Å². The summed E-state index contributed by atoms with van der Waals surface area (Å²) in [5, 5.41) is 0. The first kappa shape index (κ1) is 14.7. The summed E-state index contributed by atoms with van der Waals surface area (Å²) in [4.78, 5) is 15.5. The number of amides is 1. The molecule has 1 amide bonds. The van der Waals surface area contributed by atoms with E-state index in [9.17, 15) is 4.79 Å². The Labute approximate surface area is 98.4 Å². The highest BCUT2D eigenvalue weighted by Crippen LogP contribution is 2.01. The minimum atomic E-state index is 0.235. The fraction of sp³-hybridized carbons (Fsp3) is 0.909. The van der Waals surface area contributed by atoms with Crippen molar-refractivity contribution in [1.29, 1.82) is 0 Å². The molecule has 0 saturated carbocycles. The van der Waals surface area contributed by atoms with Gasteiger partial charge in [-0.25, -0.2) is 0 Å². The fourth-order valence-electron chi connectivity index (χ4n) is 1.31. The van der Waals surface area contributed by atoms with Crippen LogP contribution in [0.25, 0.3) is 0 Å². The number of unbranched alkanes of at least 4 members (excludes halogenated alkanes) is 1. The second kappa shape index (κ2) is 8.98. The first-order chi connectivity index (χ1) is 7.07. The smallest absolute Gasteiger partial charge is 0.222 e. The molecule has 0 aromatic rings. The minimum absolute atomic E-state index is 0.235. The molecule has 0 heterocycles. The van der Waals surface area contributed by atoms with E-state index in [0.29, 0.717) is 12.3 Å². The van der Waals surface area contributed by atoms with Gasteiger partial charge in [0.15, 0.2) is 0 Å². The van der Waals surface area contributed by atoms with Gasteiger partial charge in [-0.2, -0.15) is 0 Å². The summed E-state index contributed by atoms with van der Waals surface area (Å²) in [5.74, 6) is 0.885. The lowest BCUT2D eigenvalue weighted by Gasteiger charge is -2.18. The maximum absolute atomic E-state index is 11.6. The zero-order valence-corrected chi connectivity index (χ0v) is 10.9. The van der Waals surface area contributed by atoms with Gasteiger partial charge in [0.2, 0.25) is 5.91 Å². The largest absolute Gasteiger partial charge is 0.346 e. The minimum Gasteiger partial charge on any atom is -0.346 e. The Kier molecular flexibility index (Phi) is 8.82. The first-order valence-corrected chi connectivity index (χ1v) is 6.06. The van der Waals surface area contributed by atoms with Crippen molar-refractivity contribution in [2.24, 2.45) is 0 Å². The SMILES string of the molecule is CN(C)CCCN(C)C(=O)CCCCCl. The van der Waals surface area contributed by atoms with Gasteiger partial charge >= 0.3 is 0 Å². The van der Waals surface area contributed by atoms with E-state index in [1.807, 2.05) is 26.0 Å². The Morgan fingerprint density at radius 1 is 1.07 bits per heavy atom. The molecule has 0 saturated heterocycles. The van der Waals surface area contributed by atoms with Crippen molar-refractivity contribution in [3.05, 3.63) is 0 Å². The molecular formula is C11H23ClN2O. The number of rotatable bonds is 8. The Morgan fingerprint density at radius 3 is 2.27 bits per heavy atom. The van der Waals surface area contributed by atoms with E-state index in [1.165, 1.54) is 0 Å². The van der Waals surface area contributed by atoms with Crippen molar-refractivity contribution in [2.45, 2.75) is 25.7 Å². The summed E-state index contributed by atoms with van der Waals surface area (Å²) in [6.45, 7) is 1.87. The highest BCUT2D eigenvalue weighted by molar-refractivity contribution is 6.17. The van der Waals surface area contributed by atoms with Crippen LogP contribution in [-0.2, 0) is 4.79 Å². The number of hydrogen-bond donors (Lipinski definition) is 0. The average molecular weight is 235 g/mol. The lowest BCUT2D eigenvalue weighted by molar-refractivity contribution is -0.130. The molecule has 0 spiro atoms. The molecule has 0 bridgehead atoms. The van der Waals surface area contributed by atoms with Crippen LogP contribution in [0, 0.1) is 0 Å². The van der Waals surface area contributed by atoms with Gasteiger partial charge in [-0.1, -0.05) is 0 Å². The maximum atomic E-state index is 11.6. The van der Waals surface area contributed by atoms with Gasteiger partial charge < -0.3 is 9.80 Å². The van der Waals surface area contributed by atoms with Gasteiger partial charge in [0.05, 0.1) is 0 Å². The third kappa shape index (κ3) is 8.70. The lowest BCUT2D eigenvalue weighted by atomic mass is 10.2. The molecule has 0 aliphatic heterocycles. The zero-order valence-electron chi connectivity index (χ0n) is 10.1. The third-order valence-electron chi connectivity index (χ3n) is 2.30. The lowest BCUT2D eigenvalue weighted by Crippen LogP contribution is -2.29. The molecule has 0 radical (unpaired) electrons. The van der Waals surface area contributed by atoms with E-state index >= 15 is 0 Å². The molecule has 90 valence electrons.